The van der Waals surface area contributed by atoms with Gasteiger partial charge in [-0.3, -0.25) is 14.2 Å². The predicted octanol–water partition coefficient (Wildman–Crippen LogP) is 6.07. The van der Waals surface area contributed by atoms with Crippen molar-refractivity contribution in [3.05, 3.63) is 111 Å². The van der Waals surface area contributed by atoms with Gasteiger partial charge >= 0.3 is 0 Å². The third-order valence-electron chi connectivity index (χ3n) is 6.18. The second-order valence-corrected chi connectivity index (χ2v) is 9.36. The molecule has 5 aromatic rings. The van der Waals surface area contributed by atoms with Crippen LogP contribution in [0.1, 0.15) is 16.7 Å². The molecule has 5 rings (SSSR count). The number of aromatic nitrogens is 3. The van der Waals surface area contributed by atoms with Gasteiger partial charge in [-0.25, -0.2) is 4.68 Å². The third-order valence-corrected chi connectivity index (χ3v) is 6.42. The Morgan fingerprint density at radius 1 is 0.917 bits per heavy atom. The van der Waals surface area contributed by atoms with Crippen molar-refractivity contribution in [2.75, 3.05) is 5.32 Å². The van der Waals surface area contributed by atoms with Crippen LogP contribution in [0, 0.1) is 20.8 Å². The molecule has 0 unspecified atom stereocenters. The van der Waals surface area contributed by atoms with Gasteiger partial charge < -0.3 is 5.32 Å². The number of benzene rings is 3. The van der Waals surface area contributed by atoms with E-state index < -0.39 is 0 Å². The summed E-state index contributed by atoms with van der Waals surface area (Å²) >= 11 is 6.12. The summed E-state index contributed by atoms with van der Waals surface area (Å²) in [5, 5.41) is 9.21. The van der Waals surface area contributed by atoms with Crippen LogP contribution in [-0.4, -0.2) is 20.3 Å². The quantitative estimate of drug-likeness (QED) is 0.321. The van der Waals surface area contributed by atoms with Crippen LogP contribution < -0.4 is 10.9 Å². The number of anilines is 1. The van der Waals surface area contributed by atoms with Gasteiger partial charge in [-0.15, -0.1) is 0 Å². The van der Waals surface area contributed by atoms with E-state index in [0.717, 1.165) is 39.0 Å². The molecular formula is C29H25ClN4O2. The molecular weight excluding hydrogens is 472 g/mol. The molecule has 0 atom stereocenters. The lowest BCUT2D eigenvalue weighted by Crippen LogP contribution is -2.29. The van der Waals surface area contributed by atoms with E-state index in [1.54, 1.807) is 22.9 Å². The predicted molar refractivity (Wildman–Crippen MR) is 145 cm³/mol. The summed E-state index contributed by atoms with van der Waals surface area (Å²) in [4.78, 5) is 26.4. The number of aryl methyl sites for hydroxylation is 3. The first-order valence-corrected chi connectivity index (χ1v) is 12.0. The summed E-state index contributed by atoms with van der Waals surface area (Å²) in [7, 11) is 0. The Balaban J connectivity index is 1.70. The number of nitrogens with one attached hydrogen (secondary N) is 1. The van der Waals surface area contributed by atoms with Gasteiger partial charge in [0.1, 0.15) is 17.9 Å². The van der Waals surface area contributed by atoms with E-state index >= 15 is 0 Å². The molecule has 0 aliphatic rings. The van der Waals surface area contributed by atoms with Gasteiger partial charge in [0.15, 0.2) is 0 Å². The summed E-state index contributed by atoms with van der Waals surface area (Å²) in [6, 6.07) is 24.6. The highest BCUT2D eigenvalue weighted by atomic mass is 35.5. The number of rotatable bonds is 5. The van der Waals surface area contributed by atoms with Crippen LogP contribution in [0.4, 0.5) is 5.69 Å². The number of para-hydroxylation sites is 1. The molecule has 1 amide bonds. The fourth-order valence-corrected chi connectivity index (χ4v) is 4.59. The number of halogens is 1. The minimum absolute atomic E-state index is 0.173. The van der Waals surface area contributed by atoms with Crippen LogP contribution in [0.15, 0.2) is 83.7 Å². The van der Waals surface area contributed by atoms with E-state index in [1.807, 2.05) is 75.4 Å². The van der Waals surface area contributed by atoms with Crippen molar-refractivity contribution in [3.63, 3.8) is 0 Å². The van der Waals surface area contributed by atoms with Gasteiger partial charge in [-0.2, -0.15) is 5.10 Å². The van der Waals surface area contributed by atoms with Crippen molar-refractivity contribution in [2.24, 2.45) is 0 Å². The van der Waals surface area contributed by atoms with Crippen molar-refractivity contribution >= 4 is 34.2 Å². The van der Waals surface area contributed by atoms with Crippen molar-refractivity contribution in [1.29, 1.82) is 0 Å². The number of fused-ring (bicyclic) bond motifs is 1. The molecule has 7 heteroatoms. The number of pyridine rings is 1. The Hall–Kier alpha value is -4.16. The van der Waals surface area contributed by atoms with Crippen LogP contribution in [0.2, 0.25) is 5.02 Å². The lowest BCUT2D eigenvalue weighted by atomic mass is 10.0. The van der Waals surface area contributed by atoms with Crippen molar-refractivity contribution < 1.29 is 4.79 Å². The van der Waals surface area contributed by atoms with Crippen molar-refractivity contribution in [1.82, 2.24) is 14.3 Å². The molecule has 6 nitrogen and oxygen atoms in total. The van der Waals surface area contributed by atoms with Crippen LogP contribution in [0.5, 0.6) is 0 Å². The summed E-state index contributed by atoms with van der Waals surface area (Å²) in [5.74, 6) is -0.328. The van der Waals surface area contributed by atoms with Crippen LogP contribution >= 0.6 is 11.6 Å². The first-order chi connectivity index (χ1) is 17.3. The molecule has 0 aliphatic carbocycles. The normalized spacial score (nSPS) is 11.1. The number of amides is 1. The Morgan fingerprint density at radius 2 is 1.69 bits per heavy atom. The van der Waals surface area contributed by atoms with Crippen molar-refractivity contribution in [2.45, 2.75) is 27.3 Å². The maximum Gasteiger partial charge on any atom is 0.252 e. The Labute approximate surface area is 213 Å². The topological polar surface area (TPSA) is 68.9 Å². The van der Waals surface area contributed by atoms with Gasteiger partial charge in [0, 0.05) is 27.7 Å². The average molecular weight is 497 g/mol. The minimum atomic E-state index is -0.328. The van der Waals surface area contributed by atoms with E-state index in [2.05, 4.69) is 11.4 Å². The summed E-state index contributed by atoms with van der Waals surface area (Å²) in [6.45, 7) is 5.65. The molecule has 0 fully saturated rings. The maximum absolute atomic E-state index is 13.3. The molecule has 1 N–H and O–H groups in total. The Bertz CT molecular complexity index is 1670. The van der Waals surface area contributed by atoms with Gasteiger partial charge in [-0.1, -0.05) is 59.6 Å². The zero-order valence-electron chi connectivity index (χ0n) is 20.2. The molecule has 2 heterocycles. The van der Waals surface area contributed by atoms with Gasteiger partial charge in [0.05, 0.1) is 5.69 Å². The largest absolute Gasteiger partial charge is 0.324 e. The fourth-order valence-electron chi connectivity index (χ4n) is 4.42. The van der Waals surface area contributed by atoms with E-state index in [4.69, 9.17) is 16.7 Å². The number of hydrogen-bond acceptors (Lipinski definition) is 3. The lowest BCUT2D eigenvalue weighted by molar-refractivity contribution is -0.116. The van der Waals surface area contributed by atoms with Crippen molar-refractivity contribution in [3.8, 4) is 16.9 Å². The van der Waals surface area contributed by atoms with Crippen LogP contribution in [0.25, 0.3) is 28.0 Å². The smallest absolute Gasteiger partial charge is 0.252 e. The number of hydrogen-bond donors (Lipinski definition) is 1. The molecule has 180 valence electrons. The fraction of sp³-hybridized carbons (Fsp3) is 0.138. The SMILES string of the molecule is Cc1cccc(-c2nn(-c3ccccc3)c3c2c(C)cc(=O)n3CC(=O)Nc2cc(Cl)ccc2C)c1. The van der Waals surface area contributed by atoms with Crippen LogP contribution in [0.3, 0.4) is 0 Å². The van der Waals surface area contributed by atoms with Crippen LogP contribution in [-0.2, 0) is 11.3 Å². The lowest BCUT2D eigenvalue weighted by Gasteiger charge is -2.13. The van der Waals surface area contributed by atoms with E-state index in [9.17, 15) is 9.59 Å². The number of carbonyl (C=O) groups excluding carboxylic acids is 1. The average Bonchev–Trinajstić information content (AvgIpc) is 3.26. The molecule has 3 aromatic carbocycles. The number of nitrogens with zero attached hydrogens (tertiary/aromatic N) is 3. The highest BCUT2D eigenvalue weighted by molar-refractivity contribution is 6.31. The first kappa shape index (κ1) is 23.6. The monoisotopic (exact) mass is 496 g/mol. The van der Waals surface area contributed by atoms with Gasteiger partial charge in [0.2, 0.25) is 5.91 Å². The standard InChI is InChI=1S/C29H25ClN4O2/c1-18-8-7-9-21(14-18)28-27-20(3)15-26(36)33(29(27)34(32-28)23-10-5-4-6-11-23)17-25(35)31-24-16-22(30)13-12-19(24)2/h4-16H,17H2,1-3H3,(H,31,35). The molecule has 0 saturated heterocycles. The molecule has 2 aromatic heterocycles. The summed E-state index contributed by atoms with van der Waals surface area (Å²) < 4.78 is 3.23. The highest BCUT2D eigenvalue weighted by Gasteiger charge is 2.21. The zero-order valence-corrected chi connectivity index (χ0v) is 21.0. The van der Waals surface area contributed by atoms with Gasteiger partial charge in [0.25, 0.3) is 5.56 Å². The van der Waals surface area contributed by atoms with E-state index in [-0.39, 0.29) is 18.0 Å². The zero-order chi connectivity index (χ0) is 25.4. The molecule has 0 saturated carbocycles. The number of carbonyl (C=O) groups is 1. The maximum atomic E-state index is 13.3. The molecule has 0 spiro atoms. The minimum Gasteiger partial charge on any atom is -0.324 e. The first-order valence-electron chi connectivity index (χ1n) is 11.6. The molecule has 36 heavy (non-hydrogen) atoms. The Morgan fingerprint density at radius 3 is 2.44 bits per heavy atom. The second kappa shape index (κ2) is 9.47. The molecule has 0 aliphatic heterocycles. The van der Waals surface area contributed by atoms with E-state index in [0.29, 0.717) is 16.4 Å². The highest BCUT2D eigenvalue weighted by Crippen LogP contribution is 2.32. The third kappa shape index (κ3) is 4.43. The Kier molecular flexibility index (Phi) is 6.20. The molecule has 0 radical (unpaired) electrons. The van der Waals surface area contributed by atoms with E-state index in [1.165, 1.54) is 4.57 Å². The van der Waals surface area contributed by atoms with Gasteiger partial charge in [-0.05, 0) is 62.2 Å². The second-order valence-electron chi connectivity index (χ2n) is 8.92. The summed E-state index contributed by atoms with van der Waals surface area (Å²) in [6.07, 6.45) is 0. The summed E-state index contributed by atoms with van der Waals surface area (Å²) in [5.41, 5.74) is 6.20. The molecule has 0 bridgehead atoms.